The standard InChI is InChI=1S/C15H23N3O2/c1-10-4-5-13(12(6-10)14(16)17)18-7-11(8-19)20-15(2,3)9-18/h4-6,11,19H,7-9H2,1-3H3,(H3,16,17). The van der Waals surface area contributed by atoms with Gasteiger partial charge in [0.1, 0.15) is 5.84 Å². The van der Waals surface area contributed by atoms with Crippen molar-refractivity contribution in [1.82, 2.24) is 0 Å². The highest BCUT2D eigenvalue weighted by Gasteiger charge is 2.34. The number of aryl methyl sites for hydroxylation is 1. The maximum absolute atomic E-state index is 9.39. The third-order valence-electron chi connectivity index (χ3n) is 3.47. The van der Waals surface area contributed by atoms with Crippen molar-refractivity contribution in [3.8, 4) is 0 Å². The van der Waals surface area contributed by atoms with Crippen molar-refractivity contribution in [2.24, 2.45) is 5.73 Å². The number of aliphatic hydroxyl groups is 1. The van der Waals surface area contributed by atoms with Gasteiger partial charge in [0.25, 0.3) is 0 Å². The number of morpholine rings is 1. The van der Waals surface area contributed by atoms with Crippen LogP contribution in [0.2, 0.25) is 0 Å². The van der Waals surface area contributed by atoms with Gasteiger partial charge in [-0.3, -0.25) is 5.41 Å². The van der Waals surface area contributed by atoms with Gasteiger partial charge < -0.3 is 20.5 Å². The Morgan fingerprint density at radius 2 is 2.25 bits per heavy atom. The van der Waals surface area contributed by atoms with Crippen LogP contribution in [0.15, 0.2) is 18.2 Å². The summed E-state index contributed by atoms with van der Waals surface area (Å²) in [5, 5.41) is 17.1. The van der Waals surface area contributed by atoms with Crippen LogP contribution < -0.4 is 10.6 Å². The second-order valence-electron chi connectivity index (χ2n) is 6.00. The molecule has 0 aliphatic carbocycles. The first-order valence-electron chi connectivity index (χ1n) is 6.81. The number of hydrogen-bond acceptors (Lipinski definition) is 4. The molecular formula is C15H23N3O2. The number of ether oxygens (including phenoxy) is 1. The SMILES string of the molecule is Cc1ccc(N2CC(CO)OC(C)(C)C2)c(C(=N)N)c1. The monoisotopic (exact) mass is 277 g/mol. The Morgan fingerprint density at radius 3 is 2.85 bits per heavy atom. The highest BCUT2D eigenvalue weighted by Crippen LogP contribution is 2.29. The molecule has 1 fully saturated rings. The number of aliphatic hydroxyl groups excluding tert-OH is 1. The average molecular weight is 277 g/mol. The molecule has 0 radical (unpaired) electrons. The molecule has 2 rings (SSSR count). The summed E-state index contributed by atoms with van der Waals surface area (Å²) in [6, 6.07) is 5.92. The quantitative estimate of drug-likeness (QED) is 0.574. The fourth-order valence-electron chi connectivity index (χ4n) is 2.72. The van der Waals surface area contributed by atoms with Gasteiger partial charge in [0.05, 0.1) is 18.3 Å². The van der Waals surface area contributed by atoms with Gasteiger partial charge in [-0.05, 0) is 32.9 Å². The minimum Gasteiger partial charge on any atom is -0.394 e. The molecule has 1 aromatic carbocycles. The second-order valence-corrected chi connectivity index (χ2v) is 6.00. The highest BCUT2D eigenvalue weighted by atomic mass is 16.5. The van der Waals surface area contributed by atoms with Crippen molar-refractivity contribution < 1.29 is 9.84 Å². The second kappa shape index (κ2) is 5.42. The van der Waals surface area contributed by atoms with Crippen molar-refractivity contribution in [3.05, 3.63) is 29.3 Å². The molecule has 20 heavy (non-hydrogen) atoms. The van der Waals surface area contributed by atoms with E-state index in [0.717, 1.165) is 16.8 Å². The van der Waals surface area contributed by atoms with Crippen LogP contribution in [0, 0.1) is 12.3 Å². The van der Waals surface area contributed by atoms with E-state index in [1.165, 1.54) is 0 Å². The van der Waals surface area contributed by atoms with Gasteiger partial charge in [-0.15, -0.1) is 0 Å². The summed E-state index contributed by atoms with van der Waals surface area (Å²) in [6.45, 7) is 7.28. The Labute approximate surface area is 119 Å². The van der Waals surface area contributed by atoms with E-state index in [0.29, 0.717) is 13.1 Å². The van der Waals surface area contributed by atoms with Crippen LogP contribution in [0.3, 0.4) is 0 Å². The van der Waals surface area contributed by atoms with Crippen molar-refractivity contribution in [2.75, 3.05) is 24.6 Å². The number of nitrogens with two attached hydrogens (primary N) is 1. The lowest BCUT2D eigenvalue weighted by atomic mass is 10.0. The van der Waals surface area contributed by atoms with Crippen LogP contribution in [0.1, 0.15) is 25.0 Å². The Bertz CT molecular complexity index is 514. The van der Waals surface area contributed by atoms with Gasteiger partial charge in [0.2, 0.25) is 0 Å². The zero-order chi connectivity index (χ0) is 14.9. The van der Waals surface area contributed by atoms with Crippen molar-refractivity contribution in [2.45, 2.75) is 32.5 Å². The predicted octanol–water partition coefficient (Wildman–Crippen LogP) is 1.26. The molecule has 1 aliphatic heterocycles. The molecule has 5 heteroatoms. The fourth-order valence-corrected chi connectivity index (χ4v) is 2.72. The number of benzene rings is 1. The van der Waals surface area contributed by atoms with Gasteiger partial charge in [0.15, 0.2) is 0 Å². The van der Waals surface area contributed by atoms with Gasteiger partial charge in [-0.2, -0.15) is 0 Å². The van der Waals surface area contributed by atoms with Gasteiger partial charge in [0, 0.05) is 24.3 Å². The third-order valence-corrected chi connectivity index (χ3v) is 3.47. The molecule has 110 valence electrons. The number of nitrogen functional groups attached to an aromatic ring is 1. The molecule has 0 aromatic heterocycles. The number of amidine groups is 1. The van der Waals surface area contributed by atoms with Crippen molar-refractivity contribution >= 4 is 11.5 Å². The van der Waals surface area contributed by atoms with Gasteiger partial charge >= 0.3 is 0 Å². The van der Waals surface area contributed by atoms with E-state index in [1.807, 2.05) is 39.0 Å². The number of nitrogens with one attached hydrogen (secondary N) is 1. The van der Waals surface area contributed by atoms with Gasteiger partial charge in [-0.1, -0.05) is 11.6 Å². The molecule has 1 atom stereocenters. The molecule has 0 saturated carbocycles. The number of hydrogen-bond donors (Lipinski definition) is 3. The largest absolute Gasteiger partial charge is 0.394 e. The maximum atomic E-state index is 9.39. The summed E-state index contributed by atoms with van der Waals surface area (Å²) in [7, 11) is 0. The molecule has 0 spiro atoms. The minimum absolute atomic E-state index is 0.0127. The Balaban J connectivity index is 2.37. The maximum Gasteiger partial charge on any atom is 0.124 e. The predicted molar refractivity (Wildman–Crippen MR) is 80.4 cm³/mol. The van der Waals surface area contributed by atoms with Crippen LogP contribution in [0.25, 0.3) is 0 Å². The van der Waals surface area contributed by atoms with E-state index in [1.54, 1.807) is 0 Å². The molecule has 5 nitrogen and oxygen atoms in total. The van der Waals surface area contributed by atoms with E-state index in [9.17, 15) is 5.11 Å². The lowest BCUT2D eigenvalue weighted by molar-refractivity contribution is -0.101. The summed E-state index contributed by atoms with van der Waals surface area (Å²) in [5.74, 6) is 0.0635. The van der Waals surface area contributed by atoms with Crippen LogP contribution >= 0.6 is 0 Å². The number of rotatable bonds is 3. The molecule has 1 heterocycles. The average Bonchev–Trinajstić information content (AvgIpc) is 2.36. The van der Waals surface area contributed by atoms with Gasteiger partial charge in [-0.25, -0.2) is 0 Å². The smallest absolute Gasteiger partial charge is 0.124 e. The summed E-state index contributed by atoms with van der Waals surface area (Å²) in [5.41, 5.74) is 8.10. The zero-order valence-electron chi connectivity index (χ0n) is 12.3. The van der Waals surface area contributed by atoms with E-state index in [2.05, 4.69) is 4.90 Å². The Kier molecular flexibility index (Phi) is 4.01. The van der Waals surface area contributed by atoms with Crippen molar-refractivity contribution in [3.63, 3.8) is 0 Å². The van der Waals surface area contributed by atoms with Crippen LogP contribution in [-0.2, 0) is 4.74 Å². The summed E-state index contributed by atoms with van der Waals surface area (Å²) >= 11 is 0. The number of anilines is 1. The lowest BCUT2D eigenvalue weighted by Gasteiger charge is -2.44. The summed E-state index contributed by atoms with van der Waals surface area (Å²) < 4.78 is 5.82. The Morgan fingerprint density at radius 1 is 1.55 bits per heavy atom. The van der Waals surface area contributed by atoms with Crippen molar-refractivity contribution in [1.29, 1.82) is 5.41 Å². The van der Waals surface area contributed by atoms with Crippen LogP contribution in [0.5, 0.6) is 0 Å². The molecule has 1 aromatic rings. The normalized spacial score (nSPS) is 21.8. The van der Waals surface area contributed by atoms with E-state index >= 15 is 0 Å². The molecule has 1 saturated heterocycles. The van der Waals surface area contributed by atoms with Crippen LogP contribution in [-0.4, -0.2) is 42.3 Å². The summed E-state index contributed by atoms with van der Waals surface area (Å²) in [4.78, 5) is 2.14. The molecule has 0 bridgehead atoms. The number of nitrogens with zero attached hydrogens (tertiary/aromatic N) is 1. The van der Waals surface area contributed by atoms with E-state index in [4.69, 9.17) is 15.9 Å². The van der Waals surface area contributed by atoms with E-state index < -0.39 is 0 Å². The third kappa shape index (κ3) is 3.11. The molecular weight excluding hydrogens is 254 g/mol. The van der Waals surface area contributed by atoms with Crippen LogP contribution in [0.4, 0.5) is 5.69 Å². The molecule has 0 amide bonds. The minimum atomic E-state index is -0.343. The highest BCUT2D eigenvalue weighted by molar-refractivity contribution is 6.00. The first-order valence-corrected chi connectivity index (χ1v) is 6.81. The van der Waals surface area contributed by atoms with E-state index in [-0.39, 0.29) is 24.1 Å². The molecule has 4 N–H and O–H groups in total. The molecule has 1 aliphatic rings. The molecule has 1 unspecified atom stereocenters. The zero-order valence-corrected chi connectivity index (χ0v) is 12.3. The first kappa shape index (κ1) is 14.8. The lowest BCUT2D eigenvalue weighted by Crippen LogP contribution is -2.54. The summed E-state index contributed by atoms with van der Waals surface area (Å²) in [6.07, 6.45) is -0.222. The first-order chi connectivity index (χ1) is 9.32. The Hall–Kier alpha value is -1.59. The fraction of sp³-hybridized carbons (Fsp3) is 0.533. The topological polar surface area (TPSA) is 82.6 Å².